The molecule has 0 amide bonds. The van der Waals surface area contributed by atoms with E-state index in [0.717, 1.165) is 0 Å². The summed E-state index contributed by atoms with van der Waals surface area (Å²) in [7, 11) is 2.52. The number of methoxy groups -OCH3 is 2. The molecule has 16 heavy (non-hydrogen) atoms. The minimum atomic E-state index is -0.550. The molecule has 0 aromatic heterocycles. The summed E-state index contributed by atoms with van der Waals surface area (Å²) < 4.78 is 9.05. The van der Waals surface area contributed by atoms with Crippen LogP contribution >= 0.6 is 0 Å². The number of benzene rings is 1. The number of carbonyl (C=O) groups is 2. The molecule has 0 aliphatic heterocycles. The van der Waals surface area contributed by atoms with Gasteiger partial charge in [0.15, 0.2) is 0 Å². The summed E-state index contributed by atoms with van der Waals surface area (Å²) in [6.07, 6.45) is 0. The molecule has 0 saturated heterocycles. The molecule has 0 spiro atoms. The molecule has 0 bridgehead atoms. The maximum atomic E-state index is 11.2. The third-order valence-corrected chi connectivity index (χ3v) is 1.74. The van der Waals surface area contributed by atoms with Gasteiger partial charge in [0.05, 0.1) is 25.3 Å². The third-order valence-electron chi connectivity index (χ3n) is 1.74. The first-order chi connectivity index (χ1) is 6.70. The molecule has 0 atom stereocenters. The fourth-order valence-corrected chi connectivity index (χ4v) is 1.06. The topological polar surface area (TPSA) is 52.6 Å². The van der Waals surface area contributed by atoms with Crippen LogP contribution in [-0.4, -0.2) is 43.5 Å². The van der Waals surface area contributed by atoms with Gasteiger partial charge in [0.2, 0.25) is 0 Å². The van der Waals surface area contributed by atoms with Gasteiger partial charge >= 0.3 is 48.2 Å². The van der Waals surface area contributed by atoms with E-state index in [1.54, 1.807) is 12.1 Å². The fourth-order valence-electron chi connectivity index (χ4n) is 1.06. The van der Waals surface area contributed by atoms with Crippen LogP contribution in [0.15, 0.2) is 24.3 Å². The molecule has 0 aliphatic carbocycles. The monoisotopic (exact) mass is 232 g/mol. The van der Waals surface area contributed by atoms with Crippen molar-refractivity contribution in [1.29, 1.82) is 0 Å². The van der Waals surface area contributed by atoms with Crippen molar-refractivity contribution in [3.8, 4) is 0 Å². The van der Waals surface area contributed by atoms with E-state index in [4.69, 9.17) is 0 Å². The van der Waals surface area contributed by atoms with E-state index in [1.165, 1.54) is 26.4 Å². The van der Waals surface area contributed by atoms with Crippen molar-refractivity contribution in [3.05, 3.63) is 35.4 Å². The van der Waals surface area contributed by atoms with Crippen LogP contribution in [0.25, 0.3) is 0 Å². The van der Waals surface area contributed by atoms with Crippen molar-refractivity contribution in [2.45, 2.75) is 0 Å². The molecule has 0 heterocycles. The number of ether oxygens (including phenoxy) is 2. The standard InChI is InChI=1S/C10H10O4.Al.Li.4H/c1-13-9(11)7-5-3-4-6-8(7)10(12)14-2;;;;;;/h3-6H,1-2H3;;;;;;/q;+3;+1;4*-1. The van der Waals surface area contributed by atoms with Crippen LogP contribution in [0.4, 0.5) is 0 Å². The molecule has 0 saturated carbocycles. The van der Waals surface area contributed by atoms with Gasteiger partial charge in [0, 0.05) is 0 Å². The van der Waals surface area contributed by atoms with Gasteiger partial charge in [0.25, 0.3) is 0 Å². The summed E-state index contributed by atoms with van der Waals surface area (Å²) >= 11 is 0. The first-order valence-electron chi connectivity index (χ1n) is 3.96. The average Bonchev–Trinajstić information content (AvgIpc) is 2.27. The van der Waals surface area contributed by atoms with Crippen molar-refractivity contribution < 1.29 is 43.6 Å². The molecular weight excluding hydrogens is 218 g/mol. The summed E-state index contributed by atoms with van der Waals surface area (Å²) in [5.41, 5.74) is 0.420. The molecular formula is C10H14AlLiO4. The number of hydrogen-bond acceptors (Lipinski definition) is 4. The molecule has 0 unspecified atom stereocenters. The van der Waals surface area contributed by atoms with Crippen molar-refractivity contribution in [1.82, 2.24) is 0 Å². The van der Waals surface area contributed by atoms with Crippen LogP contribution in [0.5, 0.6) is 0 Å². The van der Waals surface area contributed by atoms with Gasteiger partial charge < -0.3 is 15.2 Å². The van der Waals surface area contributed by atoms with Crippen LogP contribution < -0.4 is 18.9 Å². The second kappa shape index (κ2) is 8.44. The zero-order valence-corrected chi connectivity index (χ0v) is 10.7. The Hall–Kier alpha value is -0.710. The van der Waals surface area contributed by atoms with Gasteiger partial charge in [-0.05, 0) is 12.1 Å². The predicted molar refractivity (Wildman–Crippen MR) is 59.3 cm³/mol. The Bertz CT molecular complexity index is 347. The first-order valence-corrected chi connectivity index (χ1v) is 3.96. The van der Waals surface area contributed by atoms with Gasteiger partial charge in [-0.2, -0.15) is 0 Å². The third kappa shape index (κ3) is 4.04. The molecule has 6 heteroatoms. The van der Waals surface area contributed by atoms with E-state index in [9.17, 15) is 9.59 Å². The van der Waals surface area contributed by atoms with Crippen molar-refractivity contribution in [3.63, 3.8) is 0 Å². The molecule has 0 fully saturated rings. The number of rotatable bonds is 2. The van der Waals surface area contributed by atoms with Crippen molar-refractivity contribution in [2.75, 3.05) is 14.2 Å². The van der Waals surface area contributed by atoms with Gasteiger partial charge in [0.1, 0.15) is 0 Å². The fraction of sp³-hybridized carbons (Fsp3) is 0.200. The number of hydrogen-bond donors (Lipinski definition) is 0. The summed E-state index contributed by atoms with van der Waals surface area (Å²) in [5, 5.41) is 0. The molecule has 82 valence electrons. The molecule has 0 radical (unpaired) electrons. The first kappa shape index (κ1) is 17.7. The van der Waals surface area contributed by atoms with Gasteiger partial charge in [-0.3, -0.25) is 0 Å². The molecule has 0 aliphatic rings. The van der Waals surface area contributed by atoms with Crippen LogP contribution in [0.3, 0.4) is 0 Å². The van der Waals surface area contributed by atoms with E-state index in [0.29, 0.717) is 0 Å². The van der Waals surface area contributed by atoms with Crippen LogP contribution in [0.2, 0.25) is 0 Å². The minimum absolute atomic E-state index is 0. The van der Waals surface area contributed by atoms with E-state index >= 15 is 0 Å². The smallest absolute Gasteiger partial charge is 1.00 e. The zero-order valence-electron chi connectivity index (χ0n) is 13.5. The largest absolute Gasteiger partial charge is 3.00 e. The quantitative estimate of drug-likeness (QED) is 0.452. The second-order valence-corrected chi connectivity index (χ2v) is 2.53. The Morgan fingerprint density at radius 3 is 1.56 bits per heavy atom. The summed E-state index contributed by atoms with van der Waals surface area (Å²) in [4.78, 5) is 22.4. The number of carbonyl (C=O) groups excluding carboxylic acids is 2. The average molecular weight is 232 g/mol. The Labute approximate surface area is 123 Å². The molecule has 1 rings (SSSR count). The normalized spacial score (nSPS) is 8.12. The summed E-state index contributed by atoms with van der Waals surface area (Å²) in [6.45, 7) is 0. The van der Waals surface area contributed by atoms with Crippen LogP contribution in [0, 0.1) is 0 Å². The van der Waals surface area contributed by atoms with Gasteiger partial charge in [-0.1, -0.05) is 12.1 Å². The Kier molecular flexibility index (Phi) is 9.33. The second-order valence-electron chi connectivity index (χ2n) is 2.53. The van der Waals surface area contributed by atoms with E-state index in [1.807, 2.05) is 0 Å². The van der Waals surface area contributed by atoms with E-state index in [-0.39, 0.29) is 53.1 Å². The molecule has 4 nitrogen and oxygen atoms in total. The minimum Gasteiger partial charge on any atom is -1.00 e. The van der Waals surface area contributed by atoms with Gasteiger partial charge in [-0.25, -0.2) is 9.59 Å². The van der Waals surface area contributed by atoms with Crippen LogP contribution in [0.1, 0.15) is 26.4 Å². The van der Waals surface area contributed by atoms with Gasteiger partial charge in [-0.15, -0.1) is 0 Å². The summed E-state index contributed by atoms with van der Waals surface area (Å²) in [5.74, 6) is -1.10. The zero-order chi connectivity index (χ0) is 10.6. The van der Waals surface area contributed by atoms with E-state index in [2.05, 4.69) is 9.47 Å². The Morgan fingerprint density at radius 2 is 1.31 bits per heavy atom. The summed E-state index contributed by atoms with van der Waals surface area (Å²) in [6, 6.07) is 6.33. The molecule has 1 aromatic rings. The maximum Gasteiger partial charge on any atom is 3.00 e. The maximum absolute atomic E-state index is 11.2. The van der Waals surface area contributed by atoms with Crippen molar-refractivity contribution >= 4 is 29.3 Å². The predicted octanol–water partition coefficient (Wildman–Crippen LogP) is -1.67. The van der Waals surface area contributed by atoms with Crippen LogP contribution in [-0.2, 0) is 9.47 Å². The molecule has 1 aromatic carbocycles. The number of esters is 2. The Morgan fingerprint density at radius 1 is 1.00 bits per heavy atom. The SMILES string of the molecule is COC(=O)c1ccccc1C(=O)OC.[Al+3].[H-].[H-].[H-].[H-].[Li+]. The van der Waals surface area contributed by atoms with Crippen molar-refractivity contribution in [2.24, 2.45) is 0 Å². The van der Waals surface area contributed by atoms with E-state index < -0.39 is 11.9 Å². The Balaban J connectivity index is -0.0000000817. The molecule has 0 N–H and O–H groups in total.